The molecule has 0 atom stereocenters. The van der Waals surface area contributed by atoms with Crippen molar-refractivity contribution < 1.29 is 5.11 Å². The van der Waals surface area contributed by atoms with Crippen molar-refractivity contribution in [1.82, 2.24) is 0 Å². The van der Waals surface area contributed by atoms with Gasteiger partial charge in [0.2, 0.25) is 0 Å². The summed E-state index contributed by atoms with van der Waals surface area (Å²) in [4.78, 5) is 1.98. The zero-order chi connectivity index (χ0) is 11.7. The summed E-state index contributed by atoms with van der Waals surface area (Å²) >= 11 is 4.92. The fraction of sp³-hybridized carbons (Fsp3) is 0.0769. The molecule has 3 heteroatoms. The van der Waals surface area contributed by atoms with Crippen molar-refractivity contribution >= 4 is 27.7 Å². The molecule has 2 rings (SSSR count). The molecular formula is C13H11BrOS. The number of allylic oxidation sites excluding steroid dienone is 2. The fourth-order valence-electron chi connectivity index (χ4n) is 1.64. The average molecular weight is 295 g/mol. The second-order valence-electron chi connectivity index (χ2n) is 3.55. The Labute approximate surface area is 108 Å². The Morgan fingerprint density at radius 2 is 2.00 bits per heavy atom. The van der Waals surface area contributed by atoms with E-state index in [0.29, 0.717) is 0 Å². The number of aliphatic hydroxyl groups excluding tert-OH is 1. The third kappa shape index (κ3) is 2.11. The maximum absolute atomic E-state index is 9.59. The average Bonchev–Trinajstić information content (AvgIpc) is 2.27. The molecule has 0 aliphatic carbocycles. The third-order valence-electron chi connectivity index (χ3n) is 2.42. The van der Waals surface area contributed by atoms with E-state index >= 15 is 0 Å². The summed E-state index contributed by atoms with van der Waals surface area (Å²) < 4.78 is 0.805. The van der Waals surface area contributed by atoms with Crippen LogP contribution in [-0.4, -0.2) is 5.11 Å². The van der Waals surface area contributed by atoms with Gasteiger partial charge in [-0.2, -0.15) is 0 Å². The lowest BCUT2D eigenvalue weighted by Gasteiger charge is -2.21. The normalized spacial score (nSPS) is 14.6. The minimum atomic E-state index is 0.107. The van der Waals surface area contributed by atoms with E-state index < -0.39 is 0 Å². The highest BCUT2D eigenvalue weighted by molar-refractivity contribution is 9.11. The summed E-state index contributed by atoms with van der Waals surface area (Å²) in [6.07, 6.45) is 0.780. The van der Waals surface area contributed by atoms with Crippen molar-refractivity contribution in [3.05, 3.63) is 63.7 Å². The van der Waals surface area contributed by atoms with E-state index in [4.69, 9.17) is 0 Å². The molecule has 0 spiro atoms. The Bertz CT molecular complexity index is 457. The van der Waals surface area contributed by atoms with Gasteiger partial charge in [0.05, 0.1) is 4.91 Å². The lowest BCUT2D eigenvalue weighted by molar-refractivity contribution is 0.432. The van der Waals surface area contributed by atoms with Crippen molar-refractivity contribution in [2.45, 2.75) is 11.3 Å². The lowest BCUT2D eigenvalue weighted by Crippen LogP contribution is -2.03. The van der Waals surface area contributed by atoms with Crippen molar-refractivity contribution in [3.63, 3.8) is 0 Å². The van der Waals surface area contributed by atoms with Crippen LogP contribution in [0, 0.1) is 0 Å². The van der Waals surface area contributed by atoms with Crippen LogP contribution < -0.4 is 0 Å². The molecule has 82 valence electrons. The number of thioether (sulfide) groups is 1. The quantitative estimate of drug-likeness (QED) is 0.807. The highest BCUT2D eigenvalue weighted by Gasteiger charge is 2.21. The van der Waals surface area contributed by atoms with Crippen LogP contribution in [0.15, 0.2) is 63.0 Å². The first-order valence-corrected chi connectivity index (χ1v) is 6.42. The van der Waals surface area contributed by atoms with Gasteiger partial charge in [-0.1, -0.05) is 59.0 Å². The molecule has 1 aliphatic heterocycles. The van der Waals surface area contributed by atoms with Crippen LogP contribution in [0.1, 0.15) is 5.56 Å². The minimum Gasteiger partial charge on any atom is -0.507 e. The molecule has 0 saturated heterocycles. The van der Waals surface area contributed by atoms with E-state index in [2.05, 4.69) is 41.2 Å². The number of fused-ring (bicyclic) bond motifs is 1. The van der Waals surface area contributed by atoms with Crippen molar-refractivity contribution in [2.24, 2.45) is 0 Å². The van der Waals surface area contributed by atoms with Crippen LogP contribution in [-0.2, 0) is 6.42 Å². The topological polar surface area (TPSA) is 20.2 Å². The smallest absolute Gasteiger partial charge is 0.122 e. The van der Waals surface area contributed by atoms with E-state index in [1.807, 2.05) is 12.1 Å². The summed E-state index contributed by atoms with van der Waals surface area (Å²) in [5.41, 5.74) is 2.27. The van der Waals surface area contributed by atoms with Crippen molar-refractivity contribution in [2.75, 3.05) is 0 Å². The third-order valence-corrected chi connectivity index (χ3v) is 4.20. The van der Waals surface area contributed by atoms with Crippen LogP contribution in [0.4, 0.5) is 0 Å². The van der Waals surface area contributed by atoms with Gasteiger partial charge in [0.25, 0.3) is 0 Å². The van der Waals surface area contributed by atoms with Crippen LogP contribution in [0.3, 0.4) is 0 Å². The molecule has 1 aromatic carbocycles. The first-order chi connectivity index (χ1) is 7.59. The summed E-state index contributed by atoms with van der Waals surface area (Å²) in [6.45, 7) is 7.48. The van der Waals surface area contributed by atoms with Crippen LogP contribution in [0.25, 0.3) is 0 Å². The minimum absolute atomic E-state index is 0.107. The lowest BCUT2D eigenvalue weighted by atomic mass is 10.0. The van der Waals surface area contributed by atoms with Gasteiger partial charge in [-0.15, -0.1) is 0 Å². The Hall–Kier alpha value is -0.930. The molecule has 16 heavy (non-hydrogen) atoms. The molecule has 1 nitrogen and oxygen atoms in total. The number of rotatable bonds is 2. The Morgan fingerprint density at radius 3 is 2.62 bits per heavy atom. The maximum atomic E-state index is 9.59. The molecule has 0 aromatic heterocycles. The number of benzene rings is 1. The number of aliphatic hydroxyl groups is 1. The standard InChI is InChI=1S/C13H11BrOS/c1-8(14)11-7-10-5-3-4-6-12(10)16-13(11)9(2)15/h3-6,15H,1-2,7H2. The van der Waals surface area contributed by atoms with Gasteiger partial charge in [-0.25, -0.2) is 0 Å². The van der Waals surface area contributed by atoms with Gasteiger partial charge in [0.1, 0.15) is 5.76 Å². The maximum Gasteiger partial charge on any atom is 0.122 e. The van der Waals surface area contributed by atoms with Gasteiger partial charge >= 0.3 is 0 Å². The Balaban J connectivity index is 2.49. The van der Waals surface area contributed by atoms with E-state index in [0.717, 1.165) is 21.4 Å². The molecule has 1 aliphatic rings. The van der Waals surface area contributed by atoms with Gasteiger partial charge in [0.15, 0.2) is 0 Å². The van der Waals surface area contributed by atoms with Gasteiger partial charge in [-0.05, 0) is 17.2 Å². The summed E-state index contributed by atoms with van der Waals surface area (Å²) in [7, 11) is 0. The molecule has 0 amide bonds. The van der Waals surface area contributed by atoms with Gasteiger partial charge in [0, 0.05) is 15.8 Å². The summed E-state index contributed by atoms with van der Waals surface area (Å²) in [5.74, 6) is 0.107. The molecule has 1 heterocycles. The van der Waals surface area contributed by atoms with Gasteiger partial charge in [-0.3, -0.25) is 0 Å². The molecule has 0 bridgehead atoms. The first kappa shape index (κ1) is 11.6. The molecule has 0 saturated carbocycles. The molecule has 1 aromatic rings. The second kappa shape index (κ2) is 4.52. The second-order valence-corrected chi connectivity index (χ2v) is 5.56. The van der Waals surface area contributed by atoms with E-state index in [9.17, 15) is 5.11 Å². The zero-order valence-corrected chi connectivity index (χ0v) is 11.1. The molecule has 0 fully saturated rings. The highest BCUT2D eigenvalue weighted by Crippen LogP contribution is 2.43. The number of hydrogen-bond donors (Lipinski definition) is 1. The Morgan fingerprint density at radius 1 is 1.31 bits per heavy atom. The predicted octanol–water partition coefficient (Wildman–Crippen LogP) is 4.57. The largest absolute Gasteiger partial charge is 0.507 e. The first-order valence-electron chi connectivity index (χ1n) is 4.81. The summed E-state index contributed by atoms with van der Waals surface area (Å²) in [6, 6.07) is 8.16. The number of hydrogen-bond acceptors (Lipinski definition) is 2. The van der Waals surface area contributed by atoms with Crippen LogP contribution in [0.5, 0.6) is 0 Å². The molecular weight excluding hydrogens is 284 g/mol. The Kier molecular flexibility index (Phi) is 3.26. The zero-order valence-electron chi connectivity index (χ0n) is 8.66. The van der Waals surface area contributed by atoms with Gasteiger partial charge < -0.3 is 5.11 Å². The molecule has 0 radical (unpaired) electrons. The monoisotopic (exact) mass is 294 g/mol. The van der Waals surface area contributed by atoms with Crippen molar-refractivity contribution in [1.29, 1.82) is 0 Å². The van der Waals surface area contributed by atoms with Crippen molar-refractivity contribution in [3.8, 4) is 0 Å². The number of halogens is 1. The van der Waals surface area contributed by atoms with E-state index in [1.54, 1.807) is 11.8 Å². The van der Waals surface area contributed by atoms with E-state index in [1.165, 1.54) is 10.5 Å². The molecule has 1 N–H and O–H groups in total. The molecule has 0 unspecified atom stereocenters. The fourth-order valence-corrected chi connectivity index (χ4v) is 3.19. The van der Waals surface area contributed by atoms with E-state index in [-0.39, 0.29) is 5.76 Å². The highest BCUT2D eigenvalue weighted by atomic mass is 79.9. The van der Waals surface area contributed by atoms with Crippen LogP contribution >= 0.6 is 27.7 Å². The SMILES string of the molecule is C=C(O)C1=C(C(=C)Br)Cc2ccccc2S1. The van der Waals surface area contributed by atoms with Crippen LogP contribution in [0.2, 0.25) is 0 Å². The summed E-state index contributed by atoms with van der Waals surface area (Å²) in [5, 5.41) is 9.59. The predicted molar refractivity (Wildman–Crippen MR) is 72.9 cm³/mol.